The highest BCUT2D eigenvalue weighted by atomic mass is 16.5. The average molecular weight is 295 g/mol. The fourth-order valence-electron chi connectivity index (χ4n) is 2.19. The molecule has 0 amide bonds. The van der Waals surface area contributed by atoms with Gasteiger partial charge in [0.15, 0.2) is 5.78 Å². The van der Waals surface area contributed by atoms with Crippen molar-refractivity contribution >= 4 is 11.5 Å². The summed E-state index contributed by atoms with van der Waals surface area (Å²) in [4.78, 5) is 12.1. The summed E-state index contributed by atoms with van der Waals surface area (Å²) >= 11 is 0. The van der Waals surface area contributed by atoms with E-state index in [2.05, 4.69) is 25.2 Å². The number of carbonyl (C=O) groups is 1. The lowest BCUT2D eigenvalue weighted by atomic mass is 10.0. The first kappa shape index (κ1) is 15.8. The number of allylic oxidation sites excluding steroid dienone is 1. The molecule has 0 heterocycles. The molecule has 2 aromatic carbocycles. The summed E-state index contributed by atoms with van der Waals surface area (Å²) in [5.74, 6) is 1.12. The Hall–Kier alpha value is -2.55. The van der Waals surface area contributed by atoms with E-state index in [-0.39, 0.29) is 5.78 Å². The third kappa shape index (κ3) is 3.98. The highest BCUT2D eigenvalue weighted by molar-refractivity contribution is 6.04. The van der Waals surface area contributed by atoms with Crippen molar-refractivity contribution in [3.05, 3.63) is 71.9 Å². The Morgan fingerprint density at radius 3 is 2.41 bits per heavy atom. The van der Waals surface area contributed by atoms with Crippen LogP contribution in [0.4, 0.5) is 5.69 Å². The molecule has 22 heavy (non-hydrogen) atoms. The van der Waals surface area contributed by atoms with Crippen LogP contribution in [0.15, 0.2) is 60.8 Å². The van der Waals surface area contributed by atoms with Crippen molar-refractivity contribution in [3.63, 3.8) is 0 Å². The molecule has 0 aliphatic carbocycles. The first-order valence-corrected chi connectivity index (χ1v) is 7.32. The van der Waals surface area contributed by atoms with Gasteiger partial charge in [-0.05, 0) is 41.8 Å². The zero-order valence-corrected chi connectivity index (χ0v) is 13.2. The lowest BCUT2D eigenvalue weighted by molar-refractivity contribution is 0.104. The number of rotatable bonds is 6. The van der Waals surface area contributed by atoms with E-state index in [0.29, 0.717) is 11.5 Å². The Balaban J connectivity index is 2.04. The predicted molar refractivity (Wildman–Crippen MR) is 90.6 cm³/mol. The number of methoxy groups -OCH3 is 1. The first-order valence-electron chi connectivity index (χ1n) is 7.32. The van der Waals surface area contributed by atoms with Crippen LogP contribution < -0.4 is 10.1 Å². The van der Waals surface area contributed by atoms with Crippen LogP contribution in [0.3, 0.4) is 0 Å². The zero-order chi connectivity index (χ0) is 15.9. The van der Waals surface area contributed by atoms with Crippen LogP contribution in [0, 0.1) is 0 Å². The average Bonchev–Trinajstić information content (AvgIpc) is 2.55. The van der Waals surface area contributed by atoms with Gasteiger partial charge in [-0.1, -0.05) is 32.0 Å². The molecule has 0 fully saturated rings. The van der Waals surface area contributed by atoms with Gasteiger partial charge in [-0.15, -0.1) is 0 Å². The number of para-hydroxylation sites is 1. The van der Waals surface area contributed by atoms with Crippen LogP contribution in [-0.4, -0.2) is 12.9 Å². The molecule has 0 aliphatic rings. The molecule has 0 radical (unpaired) electrons. The fourth-order valence-corrected chi connectivity index (χ4v) is 2.19. The Morgan fingerprint density at radius 1 is 1.09 bits per heavy atom. The lowest BCUT2D eigenvalue weighted by Crippen LogP contribution is -1.99. The molecule has 2 aromatic rings. The van der Waals surface area contributed by atoms with Gasteiger partial charge < -0.3 is 10.1 Å². The van der Waals surface area contributed by atoms with E-state index in [1.807, 2.05) is 18.2 Å². The van der Waals surface area contributed by atoms with Crippen molar-refractivity contribution in [2.24, 2.45) is 0 Å². The van der Waals surface area contributed by atoms with Gasteiger partial charge in [-0.25, -0.2) is 0 Å². The molecule has 0 saturated heterocycles. The fraction of sp³-hybridized carbons (Fsp3) is 0.211. The molecule has 0 aliphatic heterocycles. The van der Waals surface area contributed by atoms with E-state index < -0.39 is 0 Å². The summed E-state index contributed by atoms with van der Waals surface area (Å²) in [6, 6.07) is 15.2. The maximum absolute atomic E-state index is 12.1. The monoisotopic (exact) mass is 295 g/mol. The summed E-state index contributed by atoms with van der Waals surface area (Å²) < 4.78 is 5.08. The minimum Gasteiger partial charge on any atom is -0.497 e. The van der Waals surface area contributed by atoms with E-state index in [4.69, 9.17) is 4.74 Å². The van der Waals surface area contributed by atoms with Gasteiger partial charge >= 0.3 is 0 Å². The van der Waals surface area contributed by atoms with Crippen LogP contribution >= 0.6 is 0 Å². The maximum Gasteiger partial charge on any atom is 0.187 e. The highest BCUT2D eigenvalue weighted by Gasteiger charge is 2.05. The number of nitrogens with one attached hydrogen (secondary N) is 1. The van der Waals surface area contributed by atoms with Crippen molar-refractivity contribution < 1.29 is 9.53 Å². The van der Waals surface area contributed by atoms with Crippen LogP contribution in [-0.2, 0) is 0 Å². The van der Waals surface area contributed by atoms with Crippen molar-refractivity contribution in [2.45, 2.75) is 19.8 Å². The second-order valence-corrected chi connectivity index (χ2v) is 5.31. The Bertz CT molecular complexity index is 657. The number of hydrogen-bond donors (Lipinski definition) is 1. The molecule has 3 nitrogen and oxygen atoms in total. The number of carbonyl (C=O) groups excluding carboxylic acids is 1. The van der Waals surface area contributed by atoms with Gasteiger partial charge in [0, 0.05) is 23.5 Å². The molecule has 1 N–H and O–H groups in total. The third-order valence-electron chi connectivity index (χ3n) is 3.43. The summed E-state index contributed by atoms with van der Waals surface area (Å²) in [5.41, 5.74) is 2.89. The molecule has 0 bridgehead atoms. The topological polar surface area (TPSA) is 38.3 Å². The second-order valence-electron chi connectivity index (χ2n) is 5.31. The predicted octanol–water partition coefficient (Wildman–Crippen LogP) is 4.63. The first-order chi connectivity index (χ1) is 10.6. The van der Waals surface area contributed by atoms with Crippen LogP contribution in [0.1, 0.15) is 35.7 Å². The van der Waals surface area contributed by atoms with Crippen molar-refractivity contribution in [3.8, 4) is 5.75 Å². The summed E-state index contributed by atoms with van der Waals surface area (Å²) in [7, 11) is 1.60. The molecule has 2 rings (SSSR count). The third-order valence-corrected chi connectivity index (χ3v) is 3.43. The van der Waals surface area contributed by atoms with Gasteiger partial charge in [0.2, 0.25) is 0 Å². The lowest BCUT2D eigenvalue weighted by Gasteiger charge is -2.11. The Morgan fingerprint density at radius 2 is 1.77 bits per heavy atom. The smallest absolute Gasteiger partial charge is 0.187 e. The molecule has 0 unspecified atom stereocenters. The molecule has 0 saturated carbocycles. The van der Waals surface area contributed by atoms with Crippen LogP contribution in [0.5, 0.6) is 5.75 Å². The number of benzene rings is 2. The standard InChI is InChI=1S/C19H21NO2/c1-14(2)17-6-4-5-7-18(17)20-13-12-19(21)15-8-10-16(22-3)11-9-15/h4-14,20H,1-3H3/b13-12+. The highest BCUT2D eigenvalue weighted by Crippen LogP contribution is 2.23. The molecule has 0 atom stereocenters. The summed E-state index contributed by atoms with van der Waals surface area (Å²) in [6.07, 6.45) is 3.23. The van der Waals surface area contributed by atoms with Gasteiger partial charge in [0.25, 0.3) is 0 Å². The van der Waals surface area contributed by atoms with Gasteiger partial charge in [0.05, 0.1) is 7.11 Å². The van der Waals surface area contributed by atoms with E-state index in [1.165, 1.54) is 5.56 Å². The SMILES string of the molecule is COc1ccc(C(=O)/C=C/Nc2ccccc2C(C)C)cc1. The molecular weight excluding hydrogens is 274 g/mol. The maximum atomic E-state index is 12.1. The molecule has 0 spiro atoms. The minimum absolute atomic E-state index is 0.0443. The number of ketones is 1. The number of hydrogen-bond acceptors (Lipinski definition) is 3. The summed E-state index contributed by atoms with van der Waals surface area (Å²) in [6.45, 7) is 4.29. The van der Waals surface area contributed by atoms with E-state index in [9.17, 15) is 4.79 Å². The van der Waals surface area contributed by atoms with Crippen molar-refractivity contribution in [1.29, 1.82) is 0 Å². The van der Waals surface area contributed by atoms with Crippen molar-refractivity contribution in [1.82, 2.24) is 0 Å². The second kappa shape index (κ2) is 7.46. The van der Waals surface area contributed by atoms with E-state index in [1.54, 1.807) is 43.7 Å². The van der Waals surface area contributed by atoms with E-state index in [0.717, 1.165) is 11.4 Å². The van der Waals surface area contributed by atoms with Gasteiger partial charge in [-0.3, -0.25) is 4.79 Å². The molecule has 3 heteroatoms. The van der Waals surface area contributed by atoms with E-state index >= 15 is 0 Å². The number of ether oxygens (including phenoxy) is 1. The largest absolute Gasteiger partial charge is 0.497 e. The molecular formula is C19H21NO2. The zero-order valence-electron chi connectivity index (χ0n) is 13.2. The Labute approximate surface area is 131 Å². The molecule has 114 valence electrons. The van der Waals surface area contributed by atoms with Crippen LogP contribution in [0.2, 0.25) is 0 Å². The van der Waals surface area contributed by atoms with Crippen LogP contribution in [0.25, 0.3) is 0 Å². The molecule has 0 aromatic heterocycles. The minimum atomic E-state index is -0.0443. The van der Waals surface area contributed by atoms with Crippen molar-refractivity contribution in [2.75, 3.05) is 12.4 Å². The number of anilines is 1. The summed E-state index contributed by atoms with van der Waals surface area (Å²) in [5, 5.41) is 3.19. The van der Waals surface area contributed by atoms with Gasteiger partial charge in [-0.2, -0.15) is 0 Å². The van der Waals surface area contributed by atoms with Gasteiger partial charge in [0.1, 0.15) is 5.75 Å². The quantitative estimate of drug-likeness (QED) is 0.624. The normalized spacial score (nSPS) is 10.9. The Kier molecular flexibility index (Phi) is 5.37.